The van der Waals surface area contributed by atoms with Gasteiger partial charge in [0.25, 0.3) is 0 Å². The summed E-state index contributed by atoms with van der Waals surface area (Å²) in [5, 5.41) is 21.0. The first-order valence-electron chi connectivity index (χ1n) is 5.71. The van der Waals surface area contributed by atoms with Crippen molar-refractivity contribution in [2.45, 2.75) is 64.0 Å². The zero-order chi connectivity index (χ0) is 10.4. The van der Waals surface area contributed by atoms with Crippen LogP contribution in [0.1, 0.15) is 51.9 Å². The molecule has 0 aromatic heterocycles. The van der Waals surface area contributed by atoms with Crippen LogP contribution >= 0.6 is 0 Å². The number of rotatable bonds is 5. The zero-order valence-corrected chi connectivity index (χ0v) is 8.98. The molecule has 0 aromatic carbocycles. The third kappa shape index (κ3) is 3.66. The van der Waals surface area contributed by atoms with Gasteiger partial charge in [-0.3, -0.25) is 0 Å². The number of aliphatic hydroxyl groups excluding tert-OH is 1. The summed E-state index contributed by atoms with van der Waals surface area (Å²) in [6, 6.07) is 0.0237. The van der Waals surface area contributed by atoms with Gasteiger partial charge in [-0.1, -0.05) is 19.8 Å². The summed E-state index contributed by atoms with van der Waals surface area (Å²) in [4.78, 5) is 0. The normalized spacial score (nSPS) is 24.4. The van der Waals surface area contributed by atoms with Gasteiger partial charge in [0, 0.05) is 19.3 Å². The lowest BCUT2D eigenvalue weighted by Crippen LogP contribution is -2.30. The van der Waals surface area contributed by atoms with Crippen molar-refractivity contribution in [3.8, 4) is 0 Å². The first-order valence-corrected chi connectivity index (χ1v) is 5.71. The number of hydroxylamine groups is 1. The van der Waals surface area contributed by atoms with Crippen LogP contribution < -0.4 is 0 Å². The number of nitrogens with zero attached hydrogens (tertiary/aromatic N) is 1. The number of unbranched alkanes of at least 4 members (excludes halogenated alkanes) is 1. The van der Waals surface area contributed by atoms with Gasteiger partial charge >= 0.3 is 0 Å². The van der Waals surface area contributed by atoms with Crippen LogP contribution in [0.2, 0.25) is 0 Å². The van der Waals surface area contributed by atoms with E-state index in [1.807, 2.05) is 0 Å². The number of aliphatic hydroxyl groups is 1. The average molecular weight is 199 g/mol. The first-order chi connectivity index (χ1) is 6.74. The molecular formula is C11H21NO2. The summed E-state index contributed by atoms with van der Waals surface area (Å²) in [7, 11) is 0. The minimum absolute atomic E-state index is 0.0237. The van der Waals surface area contributed by atoms with E-state index in [2.05, 4.69) is 6.92 Å². The molecule has 0 amide bonds. The van der Waals surface area contributed by atoms with Gasteiger partial charge in [0.15, 0.2) is 12.3 Å². The predicted octanol–water partition coefficient (Wildman–Crippen LogP) is 2.06. The molecule has 2 atom stereocenters. The van der Waals surface area contributed by atoms with E-state index in [0.29, 0.717) is 6.42 Å². The molecule has 3 heteroatoms. The van der Waals surface area contributed by atoms with Crippen LogP contribution in [0.15, 0.2) is 0 Å². The van der Waals surface area contributed by atoms with E-state index in [4.69, 9.17) is 0 Å². The van der Waals surface area contributed by atoms with E-state index in [0.717, 1.165) is 43.3 Å². The number of hydrogen-bond acceptors (Lipinski definition) is 2. The molecule has 0 saturated heterocycles. The van der Waals surface area contributed by atoms with E-state index in [-0.39, 0.29) is 12.1 Å². The second-order valence-electron chi connectivity index (χ2n) is 4.16. The molecular weight excluding hydrogens is 178 g/mol. The highest BCUT2D eigenvalue weighted by Gasteiger charge is 2.22. The topological polar surface area (TPSA) is 46.3 Å². The highest BCUT2D eigenvalue weighted by molar-refractivity contribution is 5.51. The number of hydrogen-bond donors (Lipinski definition) is 1. The molecule has 1 heterocycles. The quantitative estimate of drug-likeness (QED) is 0.544. The molecule has 0 aromatic rings. The van der Waals surface area contributed by atoms with Gasteiger partial charge in [0.05, 0.1) is 6.10 Å². The molecule has 0 unspecified atom stereocenters. The molecule has 0 fully saturated rings. The van der Waals surface area contributed by atoms with E-state index >= 15 is 0 Å². The van der Waals surface area contributed by atoms with Crippen molar-refractivity contribution in [3.63, 3.8) is 0 Å². The standard InChI is InChI=1S/C11H21NO2/c1-2-3-7-11(13)9-10-6-4-5-8-12(10)14/h8,10-11,13H,2-7,9H2,1H3/t10-,11-/m1/s1. The SMILES string of the molecule is CCCC[C@@H](O)C[C@H]1CCCC=[N+]1[O-]. The monoisotopic (exact) mass is 199 g/mol. The third-order valence-electron chi connectivity index (χ3n) is 2.85. The molecule has 1 N–H and O–H groups in total. The Hall–Kier alpha value is -0.570. The highest BCUT2D eigenvalue weighted by atomic mass is 16.5. The summed E-state index contributed by atoms with van der Waals surface area (Å²) in [5.74, 6) is 0. The molecule has 0 saturated carbocycles. The maximum Gasteiger partial charge on any atom is 0.165 e. The van der Waals surface area contributed by atoms with Crippen LogP contribution in [-0.2, 0) is 0 Å². The molecule has 1 aliphatic heterocycles. The maximum absolute atomic E-state index is 11.4. The van der Waals surface area contributed by atoms with E-state index in [9.17, 15) is 10.3 Å². The molecule has 0 aliphatic carbocycles. The van der Waals surface area contributed by atoms with E-state index in [1.54, 1.807) is 6.21 Å². The molecule has 14 heavy (non-hydrogen) atoms. The van der Waals surface area contributed by atoms with Crippen molar-refractivity contribution in [1.29, 1.82) is 0 Å². The lowest BCUT2D eigenvalue weighted by Gasteiger charge is -2.22. The molecule has 1 aliphatic rings. The largest absolute Gasteiger partial charge is 0.624 e. The van der Waals surface area contributed by atoms with E-state index in [1.165, 1.54) is 0 Å². The molecule has 82 valence electrons. The Kier molecular flexibility index (Phi) is 4.94. The van der Waals surface area contributed by atoms with Crippen molar-refractivity contribution >= 4 is 6.21 Å². The minimum Gasteiger partial charge on any atom is -0.624 e. The molecule has 1 rings (SSSR count). The molecule has 0 spiro atoms. The Morgan fingerprint density at radius 1 is 1.64 bits per heavy atom. The Balaban J connectivity index is 2.28. The maximum atomic E-state index is 11.4. The Morgan fingerprint density at radius 2 is 2.43 bits per heavy atom. The van der Waals surface area contributed by atoms with Crippen molar-refractivity contribution in [3.05, 3.63) is 5.21 Å². The fraction of sp³-hybridized carbons (Fsp3) is 0.909. The summed E-state index contributed by atoms with van der Waals surface area (Å²) in [5.41, 5.74) is 0. The van der Waals surface area contributed by atoms with Crippen LogP contribution in [0.25, 0.3) is 0 Å². The van der Waals surface area contributed by atoms with Crippen LogP contribution in [0.4, 0.5) is 0 Å². The van der Waals surface area contributed by atoms with Gasteiger partial charge < -0.3 is 10.3 Å². The Labute approximate surface area is 86.0 Å². The summed E-state index contributed by atoms with van der Waals surface area (Å²) >= 11 is 0. The average Bonchev–Trinajstić information content (AvgIpc) is 2.18. The first kappa shape index (κ1) is 11.5. The summed E-state index contributed by atoms with van der Waals surface area (Å²) in [6.45, 7) is 2.11. The molecule has 0 radical (unpaired) electrons. The van der Waals surface area contributed by atoms with Crippen molar-refractivity contribution in [2.24, 2.45) is 0 Å². The van der Waals surface area contributed by atoms with Crippen LogP contribution in [0.5, 0.6) is 0 Å². The summed E-state index contributed by atoms with van der Waals surface area (Å²) < 4.78 is 1.04. The van der Waals surface area contributed by atoms with Gasteiger partial charge in [-0.25, -0.2) is 4.74 Å². The second-order valence-corrected chi connectivity index (χ2v) is 4.16. The fourth-order valence-electron chi connectivity index (χ4n) is 1.94. The van der Waals surface area contributed by atoms with Crippen LogP contribution in [0, 0.1) is 5.21 Å². The smallest absolute Gasteiger partial charge is 0.165 e. The van der Waals surface area contributed by atoms with Crippen LogP contribution in [0.3, 0.4) is 0 Å². The van der Waals surface area contributed by atoms with Crippen molar-refractivity contribution in [2.75, 3.05) is 0 Å². The second kappa shape index (κ2) is 6.02. The van der Waals surface area contributed by atoms with Crippen molar-refractivity contribution < 1.29 is 9.85 Å². The summed E-state index contributed by atoms with van der Waals surface area (Å²) in [6.07, 6.45) is 7.97. The molecule has 3 nitrogen and oxygen atoms in total. The Bertz CT molecular complexity index is 192. The zero-order valence-electron chi connectivity index (χ0n) is 8.98. The van der Waals surface area contributed by atoms with Gasteiger partial charge in [-0.2, -0.15) is 0 Å². The van der Waals surface area contributed by atoms with Gasteiger partial charge in [0.2, 0.25) is 0 Å². The van der Waals surface area contributed by atoms with Gasteiger partial charge in [-0.05, 0) is 12.8 Å². The predicted molar refractivity (Wildman–Crippen MR) is 57.5 cm³/mol. The van der Waals surface area contributed by atoms with E-state index < -0.39 is 0 Å². The van der Waals surface area contributed by atoms with Crippen molar-refractivity contribution in [1.82, 2.24) is 0 Å². The lowest BCUT2D eigenvalue weighted by molar-refractivity contribution is -0.506. The Morgan fingerprint density at radius 3 is 3.07 bits per heavy atom. The van der Waals surface area contributed by atoms with Crippen LogP contribution in [-0.4, -0.2) is 28.2 Å². The minimum atomic E-state index is -0.289. The van der Waals surface area contributed by atoms with Gasteiger partial charge in [0.1, 0.15) is 0 Å². The van der Waals surface area contributed by atoms with Gasteiger partial charge in [-0.15, -0.1) is 0 Å². The molecule has 0 bridgehead atoms. The lowest BCUT2D eigenvalue weighted by atomic mass is 9.98. The third-order valence-corrected chi connectivity index (χ3v) is 2.85. The fourth-order valence-corrected chi connectivity index (χ4v) is 1.94. The highest BCUT2D eigenvalue weighted by Crippen LogP contribution is 2.16.